The number of hydrogen-bond acceptors (Lipinski definition) is 4. The van der Waals surface area contributed by atoms with Crippen molar-refractivity contribution in [1.29, 1.82) is 0 Å². The van der Waals surface area contributed by atoms with Crippen LogP contribution in [0.3, 0.4) is 0 Å². The number of hydrogen-bond donors (Lipinski definition) is 2. The standard InChI is InChI=1S/C24H19Cl2N5O2/c1-15-28-21-7-2-3-8-22(21)31(15)14-23(32)30-27-13-16-5-4-6-18(11-16)29-24(33)19-10-9-17(25)12-20(19)26/h2-13H,14H2,1H3,(H,29,33)(H,30,32)/b27-13+. The van der Waals surface area contributed by atoms with Crippen LogP contribution in [0.5, 0.6) is 0 Å². The Labute approximate surface area is 200 Å². The Morgan fingerprint density at radius 2 is 1.88 bits per heavy atom. The minimum absolute atomic E-state index is 0.0988. The summed E-state index contributed by atoms with van der Waals surface area (Å²) >= 11 is 12.0. The Morgan fingerprint density at radius 1 is 1.06 bits per heavy atom. The van der Waals surface area contributed by atoms with E-state index < -0.39 is 0 Å². The third kappa shape index (κ3) is 5.39. The van der Waals surface area contributed by atoms with Gasteiger partial charge in [-0.05, 0) is 55.0 Å². The molecule has 0 fully saturated rings. The first-order chi connectivity index (χ1) is 15.9. The van der Waals surface area contributed by atoms with E-state index in [2.05, 4.69) is 20.8 Å². The SMILES string of the molecule is Cc1nc2ccccc2n1CC(=O)N/N=C/c1cccc(NC(=O)c2ccc(Cl)cc2Cl)c1. The number of carbonyl (C=O) groups is 2. The van der Waals surface area contributed by atoms with Gasteiger partial charge in [0, 0.05) is 10.7 Å². The van der Waals surface area contributed by atoms with E-state index in [0.717, 1.165) is 16.9 Å². The van der Waals surface area contributed by atoms with Gasteiger partial charge in [-0.3, -0.25) is 9.59 Å². The number of nitrogens with zero attached hydrogens (tertiary/aromatic N) is 3. The van der Waals surface area contributed by atoms with Crippen LogP contribution in [0.1, 0.15) is 21.7 Å². The maximum absolute atomic E-state index is 12.5. The molecule has 1 heterocycles. The lowest BCUT2D eigenvalue weighted by Gasteiger charge is -2.08. The van der Waals surface area contributed by atoms with Crippen molar-refractivity contribution in [2.24, 2.45) is 5.10 Å². The number of halogens is 2. The van der Waals surface area contributed by atoms with Gasteiger partial charge in [-0.2, -0.15) is 5.10 Å². The Kier molecular flexibility index (Phi) is 6.72. The van der Waals surface area contributed by atoms with Crippen LogP contribution >= 0.6 is 23.2 Å². The highest BCUT2D eigenvalue weighted by Gasteiger charge is 2.12. The van der Waals surface area contributed by atoms with Crippen molar-refractivity contribution in [3.63, 3.8) is 0 Å². The molecule has 0 aliphatic carbocycles. The lowest BCUT2D eigenvalue weighted by atomic mass is 10.2. The zero-order chi connectivity index (χ0) is 23.4. The van der Waals surface area contributed by atoms with Crippen molar-refractivity contribution in [1.82, 2.24) is 15.0 Å². The van der Waals surface area contributed by atoms with Gasteiger partial charge >= 0.3 is 0 Å². The number of amides is 2. The second kappa shape index (κ2) is 9.85. The monoisotopic (exact) mass is 479 g/mol. The van der Waals surface area contributed by atoms with Crippen LogP contribution in [0.2, 0.25) is 10.0 Å². The van der Waals surface area contributed by atoms with Gasteiger partial charge in [-0.15, -0.1) is 0 Å². The molecule has 9 heteroatoms. The molecule has 0 unspecified atom stereocenters. The summed E-state index contributed by atoms with van der Waals surface area (Å²) in [4.78, 5) is 29.3. The number of benzene rings is 3. The van der Waals surface area contributed by atoms with Gasteiger partial charge in [0.15, 0.2) is 0 Å². The molecule has 7 nitrogen and oxygen atoms in total. The molecule has 4 rings (SSSR count). The maximum atomic E-state index is 12.5. The summed E-state index contributed by atoms with van der Waals surface area (Å²) in [5, 5.41) is 7.53. The zero-order valence-electron chi connectivity index (χ0n) is 17.5. The molecule has 33 heavy (non-hydrogen) atoms. The van der Waals surface area contributed by atoms with Gasteiger partial charge in [0.25, 0.3) is 11.8 Å². The summed E-state index contributed by atoms with van der Waals surface area (Å²) in [6.07, 6.45) is 1.50. The number of rotatable bonds is 6. The number of carbonyl (C=O) groups excluding carboxylic acids is 2. The molecular weight excluding hydrogens is 461 g/mol. The van der Waals surface area contributed by atoms with Gasteiger partial charge in [0.1, 0.15) is 12.4 Å². The molecule has 0 saturated heterocycles. The molecule has 0 aliphatic heterocycles. The number of hydrazone groups is 1. The van der Waals surface area contributed by atoms with E-state index in [1.54, 1.807) is 36.4 Å². The number of anilines is 1. The van der Waals surface area contributed by atoms with Crippen LogP contribution in [-0.4, -0.2) is 27.6 Å². The van der Waals surface area contributed by atoms with E-state index >= 15 is 0 Å². The second-order valence-corrected chi connectivity index (χ2v) is 8.07. The number of imidazole rings is 1. The molecule has 0 bridgehead atoms. The van der Waals surface area contributed by atoms with Crippen LogP contribution in [0.15, 0.2) is 71.8 Å². The molecule has 0 atom stereocenters. The van der Waals surface area contributed by atoms with Gasteiger partial charge in [0.05, 0.1) is 27.8 Å². The van der Waals surface area contributed by atoms with E-state index in [-0.39, 0.29) is 23.4 Å². The van der Waals surface area contributed by atoms with Crippen molar-refractivity contribution in [3.05, 3.63) is 93.7 Å². The predicted octanol–water partition coefficient (Wildman–Crippen LogP) is 5.05. The van der Waals surface area contributed by atoms with Crippen LogP contribution in [0, 0.1) is 6.92 Å². The summed E-state index contributed by atoms with van der Waals surface area (Å²) < 4.78 is 1.83. The molecule has 2 N–H and O–H groups in total. The Balaban J connectivity index is 1.38. The van der Waals surface area contributed by atoms with Crippen molar-refractivity contribution in [2.45, 2.75) is 13.5 Å². The van der Waals surface area contributed by atoms with Crippen molar-refractivity contribution in [2.75, 3.05) is 5.32 Å². The highest BCUT2D eigenvalue weighted by atomic mass is 35.5. The number of nitrogens with one attached hydrogen (secondary N) is 2. The quantitative estimate of drug-likeness (QED) is 0.299. The summed E-state index contributed by atoms with van der Waals surface area (Å²) in [6.45, 7) is 1.95. The highest BCUT2D eigenvalue weighted by Crippen LogP contribution is 2.22. The Bertz CT molecular complexity index is 1380. The number of aromatic nitrogens is 2. The lowest BCUT2D eigenvalue weighted by Crippen LogP contribution is -2.23. The van der Waals surface area contributed by atoms with Crippen molar-refractivity contribution >= 4 is 58.0 Å². The van der Waals surface area contributed by atoms with Crippen LogP contribution in [0.25, 0.3) is 11.0 Å². The predicted molar refractivity (Wildman–Crippen MR) is 131 cm³/mol. The lowest BCUT2D eigenvalue weighted by molar-refractivity contribution is -0.121. The second-order valence-electron chi connectivity index (χ2n) is 7.23. The molecule has 166 valence electrons. The highest BCUT2D eigenvalue weighted by molar-refractivity contribution is 6.37. The summed E-state index contributed by atoms with van der Waals surface area (Å²) in [5.74, 6) is 0.112. The van der Waals surface area contributed by atoms with Crippen LogP contribution in [0.4, 0.5) is 5.69 Å². The molecule has 0 saturated carbocycles. The average Bonchev–Trinajstić information content (AvgIpc) is 3.09. The minimum atomic E-state index is -0.359. The molecule has 0 radical (unpaired) electrons. The van der Waals surface area contributed by atoms with Gasteiger partial charge in [0.2, 0.25) is 0 Å². The van der Waals surface area contributed by atoms with Crippen LogP contribution in [-0.2, 0) is 11.3 Å². The van der Waals surface area contributed by atoms with E-state index in [0.29, 0.717) is 21.8 Å². The molecule has 0 spiro atoms. The molecule has 0 aliphatic rings. The molecule has 2 amide bonds. The Morgan fingerprint density at radius 3 is 2.70 bits per heavy atom. The zero-order valence-corrected chi connectivity index (χ0v) is 19.1. The number of aryl methyl sites for hydroxylation is 1. The van der Waals surface area contributed by atoms with Gasteiger partial charge in [-0.25, -0.2) is 10.4 Å². The average molecular weight is 480 g/mol. The van der Waals surface area contributed by atoms with Gasteiger partial charge < -0.3 is 9.88 Å². The van der Waals surface area contributed by atoms with Gasteiger partial charge in [-0.1, -0.05) is 47.5 Å². The van der Waals surface area contributed by atoms with Crippen molar-refractivity contribution in [3.8, 4) is 0 Å². The molecule has 3 aromatic carbocycles. The molecule has 4 aromatic rings. The first-order valence-corrected chi connectivity index (χ1v) is 10.8. The van der Waals surface area contributed by atoms with E-state index in [1.165, 1.54) is 12.3 Å². The third-order valence-corrected chi connectivity index (χ3v) is 5.42. The fraction of sp³-hybridized carbons (Fsp3) is 0.0833. The van der Waals surface area contributed by atoms with Crippen molar-refractivity contribution < 1.29 is 9.59 Å². The first-order valence-electron chi connectivity index (χ1n) is 10.0. The van der Waals surface area contributed by atoms with E-state index in [4.69, 9.17) is 23.2 Å². The fourth-order valence-corrected chi connectivity index (χ4v) is 3.82. The normalized spacial score (nSPS) is 11.1. The molecular formula is C24H19Cl2N5O2. The summed E-state index contributed by atoms with van der Waals surface area (Å²) in [7, 11) is 0. The fourth-order valence-electron chi connectivity index (χ4n) is 3.32. The maximum Gasteiger partial charge on any atom is 0.260 e. The first kappa shape index (κ1) is 22.5. The number of fused-ring (bicyclic) bond motifs is 1. The van der Waals surface area contributed by atoms with E-state index in [1.807, 2.05) is 35.8 Å². The third-order valence-electron chi connectivity index (χ3n) is 4.87. The summed E-state index contributed by atoms with van der Waals surface area (Å²) in [5.41, 5.74) is 5.82. The minimum Gasteiger partial charge on any atom is -0.322 e. The number of para-hydroxylation sites is 2. The van der Waals surface area contributed by atoms with E-state index in [9.17, 15) is 9.59 Å². The Hall–Kier alpha value is -3.68. The topological polar surface area (TPSA) is 88.4 Å². The van der Waals surface area contributed by atoms with Crippen LogP contribution < -0.4 is 10.7 Å². The smallest absolute Gasteiger partial charge is 0.260 e. The largest absolute Gasteiger partial charge is 0.322 e. The summed E-state index contributed by atoms with van der Waals surface area (Å²) in [6, 6.07) is 19.3. The molecule has 1 aromatic heterocycles.